The van der Waals surface area contributed by atoms with Gasteiger partial charge >= 0.3 is 0 Å². The van der Waals surface area contributed by atoms with E-state index in [0.29, 0.717) is 6.10 Å². The van der Waals surface area contributed by atoms with Crippen LogP contribution in [0, 0.1) is 0 Å². The maximum absolute atomic E-state index is 6.31. The van der Waals surface area contributed by atoms with Crippen LogP contribution in [0.1, 0.15) is 39.5 Å². The second-order valence-electron chi connectivity index (χ2n) is 5.23. The van der Waals surface area contributed by atoms with Crippen molar-refractivity contribution in [2.24, 2.45) is 5.73 Å². The topological polar surface area (TPSA) is 38.5 Å². The third-order valence-electron chi connectivity index (χ3n) is 3.11. The average molecular weight is 214 g/mol. The summed E-state index contributed by atoms with van der Waals surface area (Å²) in [6, 6.07) is 0. The van der Waals surface area contributed by atoms with Crippen LogP contribution in [-0.4, -0.2) is 43.3 Å². The van der Waals surface area contributed by atoms with Gasteiger partial charge in [0.2, 0.25) is 0 Å². The van der Waals surface area contributed by atoms with Crippen LogP contribution >= 0.6 is 0 Å². The summed E-state index contributed by atoms with van der Waals surface area (Å²) in [5.74, 6) is 0. The quantitative estimate of drug-likeness (QED) is 0.730. The lowest BCUT2D eigenvalue weighted by Gasteiger charge is -2.29. The monoisotopic (exact) mass is 214 g/mol. The summed E-state index contributed by atoms with van der Waals surface area (Å²) in [6.07, 6.45) is 5.29. The number of likely N-dealkylation sites (N-methyl/N-ethyl adjacent to an activating group) is 1. The van der Waals surface area contributed by atoms with Crippen molar-refractivity contribution in [3.05, 3.63) is 0 Å². The molecule has 0 bridgehead atoms. The molecule has 0 aromatic heterocycles. The number of nitrogens with two attached hydrogens (primary N) is 1. The summed E-state index contributed by atoms with van der Waals surface area (Å²) in [7, 11) is 2.14. The lowest BCUT2D eigenvalue weighted by molar-refractivity contribution is 0.0601. The summed E-state index contributed by atoms with van der Waals surface area (Å²) >= 11 is 0. The zero-order valence-electron chi connectivity index (χ0n) is 10.5. The average Bonchev–Trinajstić information content (AvgIpc) is 2.50. The van der Waals surface area contributed by atoms with E-state index in [4.69, 9.17) is 10.5 Å². The Balaban J connectivity index is 2.14. The third-order valence-corrected chi connectivity index (χ3v) is 3.11. The minimum Gasteiger partial charge on any atom is -0.377 e. The Labute approximate surface area is 94.0 Å². The van der Waals surface area contributed by atoms with Crippen molar-refractivity contribution in [2.45, 2.75) is 51.2 Å². The Morgan fingerprint density at radius 3 is 2.47 bits per heavy atom. The molecule has 0 radical (unpaired) electrons. The van der Waals surface area contributed by atoms with E-state index in [0.717, 1.165) is 19.7 Å². The minimum absolute atomic E-state index is 0.0760. The first-order valence-corrected chi connectivity index (χ1v) is 6.11. The van der Waals surface area contributed by atoms with Crippen LogP contribution in [-0.2, 0) is 4.74 Å². The molecule has 90 valence electrons. The molecule has 1 fully saturated rings. The molecule has 0 heterocycles. The fourth-order valence-electron chi connectivity index (χ4n) is 2.30. The second kappa shape index (κ2) is 5.83. The van der Waals surface area contributed by atoms with Gasteiger partial charge in [0.25, 0.3) is 0 Å². The molecule has 0 amide bonds. The smallest absolute Gasteiger partial charge is 0.0596 e. The standard InChI is InChI=1S/C12H26N2O/c1-11(2)15-9-8-14(3)10-12(13)6-4-5-7-12/h11H,4-10,13H2,1-3H3. The van der Waals surface area contributed by atoms with E-state index in [-0.39, 0.29) is 5.54 Å². The van der Waals surface area contributed by atoms with Gasteiger partial charge in [0.1, 0.15) is 0 Å². The highest BCUT2D eigenvalue weighted by Gasteiger charge is 2.30. The van der Waals surface area contributed by atoms with E-state index >= 15 is 0 Å². The molecule has 0 saturated heterocycles. The Bertz CT molecular complexity index is 176. The van der Waals surface area contributed by atoms with Crippen molar-refractivity contribution >= 4 is 0 Å². The Morgan fingerprint density at radius 1 is 1.33 bits per heavy atom. The van der Waals surface area contributed by atoms with Crippen LogP contribution in [0.3, 0.4) is 0 Å². The van der Waals surface area contributed by atoms with E-state index in [9.17, 15) is 0 Å². The van der Waals surface area contributed by atoms with Gasteiger partial charge in [-0.1, -0.05) is 12.8 Å². The normalized spacial score (nSPS) is 20.4. The van der Waals surface area contributed by atoms with Crippen molar-refractivity contribution in [1.29, 1.82) is 0 Å². The van der Waals surface area contributed by atoms with Crippen LogP contribution in [0.15, 0.2) is 0 Å². The molecule has 0 aromatic carbocycles. The van der Waals surface area contributed by atoms with Crippen molar-refractivity contribution < 1.29 is 4.74 Å². The highest BCUT2D eigenvalue weighted by Crippen LogP contribution is 2.27. The van der Waals surface area contributed by atoms with Gasteiger partial charge in [0.05, 0.1) is 12.7 Å². The largest absolute Gasteiger partial charge is 0.377 e. The first-order valence-electron chi connectivity index (χ1n) is 6.11. The van der Waals surface area contributed by atoms with Gasteiger partial charge in [-0.25, -0.2) is 0 Å². The molecule has 0 aliphatic heterocycles. The molecule has 3 nitrogen and oxygen atoms in total. The first-order chi connectivity index (χ1) is 7.02. The highest BCUT2D eigenvalue weighted by molar-refractivity contribution is 4.91. The van der Waals surface area contributed by atoms with Crippen molar-refractivity contribution in [3.8, 4) is 0 Å². The predicted octanol–water partition coefficient (Wildman–Crippen LogP) is 1.61. The summed E-state index contributed by atoms with van der Waals surface area (Å²) in [6.45, 7) is 6.94. The molecule has 1 rings (SSSR count). The van der Waals surface area contributed by atoms with Crippen LogP contribution in [0.5, 0.6) is 0 Å². The summed E-state index contributed by atoms with van der Waals surface area (Å²) in [4.78, 5) is 2.30. The lowest BCUT2D eigenvalue weighted by Crippen LogP contribution is -2.47. The highest BCUT2D eigenvalue weighted by atomic mass is 16.5. The van der Waals surface area contributed by atoms with Crippen molar-refractivity contribution in [2.75, 3.05) is 26.7 Å². The summed E-state index contributed by atoms with van der Waals surface area (Å²) in [5, 5.41) is 0. The van der Waals surface area contributed by atoms with Gasteiger partial charge in [0.15, 0.2) is 0 Å². The minimum atomic E-state index is 0.0760. The van der Waals surface area contributed by atoms with Gasteiger partial charge < -0.3 is 15.4 Å². The van der Waals surface area contributed by atoms with Crippen LogP contribution in [0.25, 0.3) is 0 Å². The van der Waals surface area contributed by atoms with Crippen LogP contribution < -0.4 is 5.73 Å². The van der Waals surface area contributed by atoms with Gasteiger partial charge in [-0.2, -0.15) is 0 Å². The first kappa shape index (κ1) is 12.9. The van der Waals surface area contributed by atoms with E-state index in [1.54, 1.807) is 0 Å². The number of hydrogen-bond acceptors (Lipinski definition) is 3. The Hall–Kier alpha value is -0.120. The maximum Gasteiger partial charge on any atom is 0.0596 e. The van der Waals surface area contributed by atoms with E-state index in [1.807, 2.05) is 0 Å². The van der Waals surface area contributed by atoms with Crippen LogP contribution in [0.4, 0.5) is 0 Å². The maximum atomic E-state index is 6.31. The fourth-order valence-corrected chi connectivity index (χ4v) is 2.30. The van der Waals surface area contributed by atoms with Gasteiger partial charge in [0, 0.05) is 18.6 Å². The zero-order valence-corrected chi connectivity index (χ0v) is 10.5. The van der Waals surface area contributed by atoms with Crippen LogP contribution in [0.2, 0.25) is 0 Å². The third kappa shape index (κ3) is 4.96. The Kier molecular flexibility index (Phi) is 5.03. The molecule has 0 atom stereocenters. The zero-order chi connectivity index (χ0) is 11.3. The number of rotatable bonds is 6. The molecule has 1 aliphatic rings. The molecule has 0 spiro atoms. The molecular weight excluding hydrogens is 188 g/mol. The molecule has 1 saturated carbocycles. The van der Waals surface area contributed by atoms with Crippen molar-refractivity contribution in [1.82, 2.24) is 4.90 Å². The second-order valence-corrected chi connectivity index (χ2v) is 5.23. The van der Waals surface area contributed by atoms with Gasteiger partial charge in [-0.15, -0.1) is 0 Å². The molecule has 3 heteroatoms. The van der Waals surface area contributed by atoms with Gasteiger partial charge in [-0.3, -0.25) is 0 Å². The number of ether oxygens (including phenoxy) is 1. The summed E-state index contributed by atoms with van der Waals surface area (Å²) in [5.41, 5.74) is 6.39. The molecular formula is C12H26N2O. The van der Waals surface area contributed by atoms with Crippen molar-refractivity contribution in [3.63, 3.8) is 0 Å². The molecule has 15 heavy (non-hydrogen) atoms. The van der Waals surface area contributed by atoms with Gasteiger partial charge in [-0.05, 0) is 33.7 Å². The Morgan fingerprint density at radius 2 is 1.93 bits per heavy atom. The van der Waals surface area contributed by atoms with E-state index in [2.05, 4.69) is 25.8 Å². The van der Waals surface area contributed by atoms with E-state index in [1.165, 1.54) is 25.7 Å². The molecule has 0 unspecified atom stereocenters. The predicted molar refractivity (Wildman–Crippen MR) is 64.0 cm³/mol. The molecule has 1 aliphatic carbocycles. The lowest BCUT2D eigenvalue weighted by atomic mass is 9.99. The summed E-state index contributed by atoms with van der Waals surface area (Å²) < 4.78 is 5.53. The SMILES string of the molecule is CC(C)OCCN(C)CC1(N)CCCC1. The molecule has 2 N–H and O–H groups in total. The van der Waals surface area contributed by atoms with E-state index < -0.39 is 0 Å². The number of nitrogens with zero attached hydrogens (tertiary/aromatic N) is 1. The fraction of sp³-hybridized carbons (Fsp3) is 1.00. The number of hydrogen-bond donors (Lipinski definition) is 1. The molecule has 0 aromatic rings.